The smallest absolute Gasteiger partial charge is 0.251 e. The molecule has 1 aliphatic carbocycles. The van der Waals surface area contributed by atoms with Crippen LogP contribution in [-0.4, -0.2) is 37.5 Å². The highest BCUT2D eigenvalue weighted by atomic mass is 16.1. The summed E-state index contributed by atoms with van der Waals surface area (Å²) in [4.78, 5) is 15.3. The zero-order valence-corrected chi connectivity index (χ0v) is 19.2. The van der Waals surface area contributed by atoms with E-state index in [0.29, 0.717) is 11.8 Å². The molecule has 30 heavy (non-hydrogen) atoms. The Morgan fingerprint density at radius 3 is 2.33 bits per heavy atom. The molecule has 1 N–H and O–H groups in total. The Hall–Kier alpha value is -2.13. The number of carbonyl (C=O) groups excluding carboxylic acids is 1. The maximum atomic E-state index is 13.1. The predicted octanol–water partition coefficient (Wildman–Crippen LogP) is 5.79. The maximum Gasteiger partial charge on any atom is 0.251 e. The molecule has 0 spiro atoms. The summed E-state index contributed by atoms with van der Waals surface area (Å²) in [5.74, 6) is 1.26. The first-order chi connectivity index (χ1) is 14.4. The summed E-state index contributed by atoms with van der Waals surface area (Å²) in [6, 6.07) is 17.0. The topological polar surface area (TPSA) is 32.3 Å². The van der Waals surface area contributed by atoms with Gasteiger partial charge < -0.3 is 10.2 Å². The lowest BCUT2D eigenvalue weighted by Crippen LogP contribution is -2.47. The van der Waals surface area contributed by atoms with Crippen molar-refractivity contribution in [3.8, 4) is 11.1 Å². The molecule has 1 aliphatic rings. The van der Waals surface area contributed by atoms with E-state index in [1.54, 1.807) is 0 Å². The van der Waals surface area contributed by atoms with Crippen molar-refractivity contribution in [1.82, 2.24) is 10.2 Å². The van der Waals surface area contributed by atoms with Crippen LogP contribution in [0.1, 0.15) is 61.9 Å². The molecule has 0 aromatic heterocycles. The van der Waals surface area contributed by atoms with Crippen molar-refractivity contribution in [1.29, 1.82) is 0 Å². The summed E-state index contributed by atoms with van der Waals surface area (Å²) >= 11 is 0. The quantitative estimate of drug-likeness (QED) is 0.601. The van der Waals surface area contributed by atoms with Gasteiger partial charge in [-0.1, -0.05) is 69.5 Å². The van der Waals surface area contributed by atoms with Crippen LogP contribution in [0.15, 0.2) is 48.5 Å². The molecule has 0 unspecified atom stereocenters. The normalized spacial score (nSPS) is 16.1. The molecular weight excluding hydrogens is 368 g/mol. The Morgan fingerprint density at radius 1 is 1.00 bits per heavy atom. The van der Waals surface area contributed by atoms with Crippen LogP contribution in [0.2, 0.25) is 0 Å². The standard InChI is InChI=1S/C27H38N2O/c1-20(2)16-21-10-8-13-23(17-21)24-14-9-15-25(18-24)27(30)28-26(19-29(3)4)22-11-6-5-7-12-22/h8-10,13-15,17-18,20,22,26H,5-7,11-12,16,19H2,1-4H3,(H,28,30)/t26-/m1/s1. The molecule has 1 fully saturated rings. The summed E-state index contributed by atoms with van der Waals surface area (Å²) in [6.07, 6.45) is 7.42. The van der Waals surface area contributed by atoms with Crippen molar-refractivity contribution >= 4 is 5.91 Å². The average Bonchev–Trinajstić information content (AvgIpc) is 2.73. The van der Waals surface area contributed by atoms with Crippen LogP contribution in [0.3, 0.4) is 0 Å². The van der Waals surface area contributed by atoms with E-state index in [-0.39, 0.29) is 11.9 Å². The van der Waals surface area contributed by atoms with Gasteiger partial charge in [-0.3, -0.25) is 4.79 Å². The van der Waals surface area contributed by atoms with Crippen LogP contribution in [0.25, 0.3) is 11.1 Å². The van der Waals surface area contributed by atoms with Gasteiger partial charge in [-0.25, -0.2) is 0 Å². The fraction of sp³-hybridized carbons (Fsp3) is 0.519. The molecule has 3 rings (SSSR count). The minimum absolute atomic E-state index is 0.0487. The molecule has 0 aliphatic heterocycles. The molecule has 0 bridgehead atoms. The molecule has 3 heteroatoms. The van der Waals surface area contributed by atoms with Crippen LogP contribution in [0.5, 0.6) is 0 Å². The van der Waals surface area contributed by atoms with E-state index in [0.717, 1.165) is 24.1 Å². The monoisotopic (exact) mass is 406 g/mol. The van der Waals surface area contributed by atoms with E-state index < -0.39 is 0 Å². The number of amides is 1. The SMILES string of the molecule is CC(C)Cc1cccc(-c2cccc(C(=O)N[C@H](CN(C)C)C3CCCCC3)c2)c1. The third-order valence-corrected chi connectivity index (χ3v) is 6.13. The van der Waals surface area contributed by atoms with Gasteiger partial charge in [-0.15, -0.1) is 0 Å². The summed E-state index contributed by atoms with van der Waals surface area (Å²) in [5, 5.41) is 3.37. The van der Waals surface area contributed by atoms with Crippen molar-refractivity contribution in [3.63, 3.8) is 0 Å². The Labute approximate surface area is 182 Å². The van der Waals surface area contributed by atoms with Crippen LogP contribution in [0, 0.1) is 11.8 Å². The molecule has 0 saturated heterocycles. The fourth-order valence-electron chi connectivity index (χ4n) is 4.68. The number of likely N-dealkylation sites (N-methyl/N-ethyl adjacent to an activating group) is 1. The van der Waals surface area contributed by atoms with E-state index in [9.17, 15) is 4.79 Å². The van der Waals surface area contributed by atoms with Gasteiger partial charge in [0.2, 0.25) is 0 Å². The Bertz CT molecular complexity index is 821. The molecule has 1 saturated carbocycles. The fourth-order valence-corrected chi connectivity index (χ4v) is 4.68. The number of benzene rings is 2. The highest BCUT2D eigenvalue weighted by molar-refractivity contribution is 5.95. The summed E-state index contributed by atoms with van der Waals surface area (Å²) in [7, 11) is 4.18. The zero-order chi connectivity index (χ0) is 21.5. The lowest BCUT2D eigenvalue weighted by atomic mass is 9.83. The van der Waals surface area contributed by atoms with Gasteiger partial charge >= 0.3 is 0 Å². The van der Waals surface area contributed by atoms with Gasteiger partial charge in [0.1, 0.15) is 0 Å². The van der Waals surface area contributed by atoms with E-state index in [4.69, 9.17) is 0 Å². The highest BCUT2D eigenvalue weighted by Crippen LogP contribution is 2.27. The van der Waals surface area contributed by atoms with E-state index in [2.05, 4.69) is 68.5 Å². The molecule has 0 heterocycles. The van der Waals surface area contributed by atoms with Gasteiger partial charge in [0, 0.05) is 18.2 Å². The number of nitrogens with one attached hydrogen (secondary N) is 1. The first kappa shape index (κ1) is 22.6. The molecular formula is C27H38N2O. The van der Waals surface area contributed by atoms with Gasteiger partial charge in [0.25, 0.3) is 5.91 Å². The second-order valence-electron chi connectivity index (χ2n) is 9.62. The minimum Gasteiger partial charge on any atom is -0.348 e. The molecule has 3 nitrogen and oxygen atoms in total. The Balaban J connectivity index is 1.76. The van der Waals surface area contributed by atoms with Crippen molar-refractivity contribution < 1.29 is 4.79 Å². The molecule has 1 atom stereocenters. The van der Waals surface area contributed by atoms with Crippen molar-refractivity contribution in [2.24, 2.45) is 11.8 Å². The second-order valence-corrected chi connectivity index (χ2v) is 9.62. The summed E-state index contributed by atoms with van der Waals surface area (Å²) in [5.41, 5.74) is 4.39. The molecule has 2 aromatic rings. The van der Waals surface area contributed by atoms with Gasteiger partial charge in [-0.2, -0.15) is 0 Å². The molecule has 0 radical (unpaired) electrons. The Morgan fingerprint density at radius 2 is 1.67 bits per heavy atom. The van der Waals surface area contributed by atoms with Crippen molar-refractivity contribution in [2.75, 3.05) is 20.6 Å². The predicted molar refractivity (Wildman–Crippen MR) is 127 cm³/mol. The molecule has 2 aromatic carbocycles. The minimum atomic E-state index is 0.0487. The van der Waals surface area contributed by atoms with Crippen LogP contribution >= 0.6 is 0 Å². The summed E-state index contributed by atoms with van der Waals surface area (Å²) < 4.78 is 0. The van der Waals surface area contributed by atoms with Crippen LogP contribution < -0.4 is 5.32 Å². The van der Waals surface area contributed by atoms with Gasteiger partial charge in [-0.05, 0) is 74.0 Å². The van der Waals surface area contributed by atoms with E-state index in [1.165, 1.54) is 43.2 Å². The molecule has 1 amide bonds. The first-order valence-corrected chi connectivity index (χ1v) is 11.6. The van der Waals surface area contributed by atoms with Gasteiger partial charge in [0.05, 0.1) is 0 Å². The number of rotatable bonds is 8. The van der Waals surface area contributed by atoms with Crippen LogP contribution in [-0.2, 0) is 6.42 Å². The van der Waals surface area contributed by atoms with Gasteiger partial charge in [0.15, 0.2) is 0 Å². The van der Waals surface area contributed by atoms with Crippen molar-refractivity contribution in [3.05, 3.63) is 59.7 Å². The van der Waals surface area contributed by atoms with Crippen molar-refractivity contribution in [2.45, 2.75) is 58.4 Å². The number of nitrogens with zero attached hydrogens (tertiary/aromatic N) is 1. The number of carbonyl (C=O) groups is 1. The Kier molecular flexibility index (Phi) is 8.09. The third-order valence-electron chi connectivity index (χ3n) is 6.13. The lowest BCUT2D eigenvalue weighted by molar-refractivity contribution is 0.0900. The largest absolute Gasteiger partial charge is 0.348 e. The average molecular weight is 407 g/mol. The third kappa shape index (κ3) is 6.43. The first-order valence-electron chi connectivity index (χ1n) is 11.6. The van der Waals surface area contributed by atoms with E-state index in [1.807, 2.05) is 18.2 Å². The summed E-state index contributed by atoms with van der Waals surface area (Å²) in [6.45, 7) is 5.38. The van der Waals surface area contributed by atoms with E-state index >= 15 is 0 Å². The zero-order valence-electron chi connectivity index (χ0n) is 19.2. The number of hydrogen-bond donors (Lipinski definition) is 1. The highest BCUT2D eigenvalue weighted by Gasteiger charge is 2.26. The maximum absolute atomic E-state index is 13.1. The second kappa shape index (κ2) is 10.8. The molecule has 162 valence electrons. The number of hydrogen-bond acceptors (Lipinski definition) is 2. The lowest BCUT2D eigenvalue weighted by Gasteiger charge is -2.32. The van der Waals surface area contributed by atoms with Crippen LogP contribution in [0.4, 0.5) is 0 Å².